The summed E-state index contributed by atoms with van der Waals surface area (Å²) in [7, 11) is 0. The molecule has 0 aliphatic rings. The zero-order chi connectivity index (χ0) is 15.9. The van der Waals surface area contributed by atoms with E-state index >= 15 is 0 Å². The fourth-order valence-electron chi connectivity index (χ4n) is 1.55. The van der Waals surface area contributed by atoms with Gasteiger partial charge in [-0.2, -0.15) is 10.3 Å². The Bertz CT molecular complexity index is 756. The number of nitrogens with zero attached hydrogens (tertiary/aromatic N) is 4. The first-order valence-corrected chi connectivity index (χ1v) is 6.97. The molecule has 2 rings (SSSR count). The van der Waals surface area contributed by atoms with Crippen LogP contribution in [0, 0.1) is 11.3 Å². The highest BCUT2D eigenvalue weighted by molar-refractivity contribution is 7.99. The van der Waals surface area contributed by atoms with Crippen LogP contribution in [0.25, 0.3) is 0 Å². The van der Waals surface area contributed by atoms with Crippen LogP contribution in [0.15, 0.2) is 62.5 Å². The molecule has 0 bridgehead atoms. The van der Waals surface area contributed by atoms with Gasteiger partial charge in [0.25, 0.3) is 0 Å². The summed E-state index contributed by atoms with van der Waals surface area (Å²) in [5.41, 5.74) is 17.1. The molecule has 1 aromatic heterocycles. The fourth-order valence-corrected chi connectivity index (χ4v) is 2.38. The quantitative estimate of drug-likeness (QED) is 0.577. The number of benzene rings is 1. The second kappa shape index (κ2) is 7.10. The van der Waals surface area contributed by atoms with E-state index in [-0.39, 0.29) is 11.9 Å². The van der Waals surface area contributed by atoms with Crippen molar-refractivity contribution in [3.8, 4) is 6.07 Å². The van der Waals surface area contributed by atoms with Crippen molar-refractivity contribution in [1.29, 1.82) is 5.26 Å². The maximum absolute atomic E-state index is 9.04. The van der Waals surface area contributed by atoms with Crippen molar-refractivity contribution in [3.05, 3.63) is 48.2 Å². The summed E-state index contributed by atoms with van der Waals surface area (Å²) in [5, 5.41) is 9.70. The molecule has 0 amide bonds. The third-order valence-corrected chi connectivity index (χ3v) is 3.46. The summed E-state index contributed by atoms with van der Waals surface area (Å²) in [6, 6.07) is 12.8. The standard InChI is InChI=1S/C14H13N7S/c15-8-9-2-1-7-19-12(9)22-11-5-3-10(4-6-11)20-14(18)21-13(16)17/h1-7H,(H6,16,17,18,20,21). The van der Waals surface area contributed by atoms with E-state index in [4.69, 9.17) is 22.5 Å². The molecule has 0 aliphatic carbocycles. The van der Waals surface area contributed by atoms with Gasteiger partial charge in [0.15, 0.2) is 5.96 Å². The van der Waals surface area contributed by atoms with E-state index in [1.807, 2.05) is 12.1 Å². The molecule has 0 aliphatic heterocycles. The fraction of sp³-hybridized carbons (Fsp3) is 0. The van der Waals surface area contributed by atoms with Gasteiger partial charge in [0.1, 0.15) is 11.1 Å². The smallest absolute Gasteiger partial charge is 0.223 e. The molecule has 1 heterocycles. The maximum Gasteiger partial charge on any atom is 0.223 e. The summed E-state index contributed by atoms with van der Waals surface area (Å²) < 4.78 is 0. The summed E-state index contributed by atoms with van der Waals surface area (Å²) in [6.45, 7) is 0. The van der Waals surface area contributed by atoms with Crippen LogP contribution in [0.5, 0.6) is 0 Å². The normalized spacial score (nSPS) is 10.8. The number of aromatic nitrogens is 1. The van der Waals surface area contributed by atoms with Crippen molar-refractivity contribution in [1.82, 2.24) is 4.98 Å². The molecule has 2 aromatic rings. The minimum atomic E-state index is -0.146. The Hall–Kier alpha value is -3.05. The lowest BCUT2D eigenvalue weighted by atomic mass is 10.3. The zero-order valence-corrected chi connectivity index (χ0v) is 12.3. The van der Waals surface area contributed by atoms with E-state index in [0.29, 0.717) is 16.3 Å². The number of aliphatic imine (C=N–C) groups is 2. The monoisotopic (exact) mass is 311 g/mol. The number of guanidine groups is 2. The third kappa shape index (κ3) is 4.22. The van der Waals surface area contributed by atoms with Gasteiger partial charge < -0.3 is 17.2 Å². The van der Waals surface area contributed by atoms with Crippen LogP contribution >= 0.6 is 11.8 Å². The number of nitriles is 1. The van der Waals surface area contributed by atoms with Gasteiger partial charge in [0.05, 0.1) is 11.3 Å². The average Bonchev–Trinajstić information content (AvgIpc) is 2.49. The molecule has 0 fully saturated rings. The topological polar surface area (TPSA) is 139 Å². The van der Waals surface area contributed by atoms with Crippen LogP contribution in [0.1, 0.15) is 5.56 Å². The first-order chi connectivity index (χ1) is 10.6. The molecular formula is C14H13N7S. The van der Waals surface area contributed by atoms with Gasteiger partial charge in [-0.3, -0.25) is 0 Å². The molecule has 8 heteroatoms. The van der Waals surface area contributed by atoms with Gasteiger partial charge in [-0.1, -0.05) is 11.8 Å². The van der Waals surface area contributed by atoms with E-state index in [0.717, 1.165) is 4.90 Å². The van der Waals surface area contributed by atoms with Crippen LogP contribution in [0.4, 0.5) is 5.69 Å². The number of pyridine rings is 1. The predicted molar refractivity (Wildman–Crippen MR) is 86.6 cm³/mol. The Morgan fingerprint density at radius 1 is 1.14 bits per heavy atom. The lowest BCUT2D eigenvalue weighted by molar-refractivity contribution is 1.11. The summed E-state index contributed by atoms with van der Waals surface area (Å²) >= 11 is 1.40. The number of hydrogen-bond acceptors (Lipinski definition) is 4. The van der Waals surface area contributed by atoms with Crippen molar-refractivity contribution >= 4 is 29.4 Å². The Balaban J connectivity index is 2.16. The largest absolute Gasteiger partial charge is 0.370 e. The van der Waals surface area contributed by atoms with E-state index in [2.05, 4.69) is 21.0 Å². The van der Waals surface area contributed by atoms with Gasteiger partial charge in [0.2, 0.25) is 5.96 Å². The molecule has 0 saturated carbocycles. The van der Waals surface area contributed by atoms with Crippen LogP contribution < -0.4 is 17.2 Å². The lowest BCUT2D eigenvalue weighted by Crippen LogP contribution is -2.26. The van der Waals surface area contributed by atoms with Crippen molar-refractivity contribution in [2.75, 3.05) is 0 Å². The first-order valence-electron chi connectivity index (χ1n) is 6.15. The van der Waals surface area contributed by atoms with Gasteiger partial charge in [-0.05, 0) is 36.4 Å². The summed E-state index contributed by atoms with van der Waals surface area (Å²) in [4.78, 5) is 12.8. The SMILES string of the molecule is N#Cc1cccnc1Sc1ccc(N=C(N)N=C(N)N)cc1. The highest BCUT2D eigenvalue weighted by Gasteiger charge is 2.05. The number of rotatable bonds is 3. The number of hydrogen-bond donors (Lipinski definition) is 3. The Labute approximate surface area is 131 Å². The predicted octanol–water partition coefficient (Wildman–Crippen LogP) is 1.32. The summed E-state index contributed by atoms with van der Waals surface area (Å²) in [6.07, 6.45) is 1.65. The summed E-state index contributed by atoms with van der Waals surface area (Å²) in [5.74, 6) is -0.162. The van der Waals surface area contributed by atoms with E-state index < -0.39 is 0 Å². The van der Waals surface area contributed by atoms with Crippen molar-refractivity contribution in [2.45, 2.75) is 9.92 Å². The van der Waals surface area contributed by atoms with E-state index in [1.165, 1.54) is 11.8 Å². The van der Waals surface area contributed by atoms with Gasteiger partial charge in [0, 0.05) is 11.1 Å². The molecule has 6 N–H and O–H groups in total. The lowest BCUT2D eigenvalue weighted by Gasteiger charge is -2.03. The van der Waals surface area contributed by atoms with Gasteiger partial charge >= 0.3 is 0 Å². The minimum Gasteiger partial charge on any atom is -0.370 e. The second-order valence-corrected chi connectivity index (χ2v) is 5.13. The molecular weight excluding hydrogens is 298 g/mol. The molecule has 7 nitrogen and oxygen atoms in total. The van der Waals surface area contributed by atoms with Gasteiger partial charge in [-0.15, -0.1) is 0 Å². The van der Waals surface area contributed by atoms with E-state index in [1.54, 1.807) is 30.5 Å². The van der Waals surface area contributed by atoms with Crippen molar-refractivity contribution in [2.24, 2.45) is 27.2 Å². The van der Waals surface area contributed by atoms with Crippen molar-refractivity contribution < 1.29 is 0 Å². The molecule has 110 valence electrons. The molecule has 0 spiro atoms. The highest BCUT2D eigenvalue weighted by atomic mass is 32.2. The Morgan fingerprint density at radius 2 is 1.86 bits per heavy atom. The average molecular weight is 311 g/mol. The van der Waals surface area contributed by atoms with Crippen LogP contribution in [0.3, 0.4) is 0 Å². The third-order valence-electron chi connectivity index (χ3n) is 2.43. The zero-order valence-electron chi connectivity index (χ0n) is 11.5. The molecule has 1 aromatic carbocycles. The minimum absolute atomic E-state index is 0.0168. The Morgan fingerprint density at radius 3 is 2.50 bits per heavy atom. The van der Waals surface area contributed by atoms with E-state index in [9.17, 15) is 0 Å². The molecule has 0 atom stereocenters. The molecule has 0 unspecified atom stereocenters. The van der Waals surface area contributed by atoms with Crippen LogP contribution in [-0.4, -0.2) is 16.9 Å². The van der Waals surface area contributed by atoms with Crippen molar-refractivity contribution in [3.63, 3.8) is 0 Å². The van der Waals surface area contributed by atoms with Crippen LogP contribution in [0.2, 0.25) is 0 Å². The number of nitrogens with two attached hydrogens (primary N) is 3. The second-order valence-electron chi connectivity index (χ2n) is 4.07. The maximum atomic E-state index is 9.04. The van der Waals surface area contributed by atoms with Gasteiger partial charge in [-0.25, -0.2) is 9.98 Å². The highest BCUT2D eigenvalue weighted by Crippen LogP contribution is 2.29. The van der Waals surface area contributed by atoms with Crippen LogP contribution in [-0.2, 0) is 0 Å². The molecule has 0 radical (unpaired) electrons. The Kier molecular flexibility index (Phi) is 4.95. The first kappa shape index (κ1) is 15.3. The molecule has 22 heavy (non-hydrogen) atoms. The molecule has 0 saturated heterocycles.